The molecule has 1 saturated heterocycles. The van der Waals surface area contributed by atoms with Crippen molar-refractivity contribution >= 4 is 21.6 Å². The molecule has 0 spiro atoms. The van der Waals surface area contributed by atoms with E-state index in [9.17, 15) is 18.3 Å². The van der Waals surface area contributed by atoms with Gasteiger partial charge in [-0.2, -0.15) is 18.3 Å². The van der Waals surface area contributed by atoms with Crippen molar-refractivity contribution in [3.63, 3.8) is 0 Å². The maximum Gasteiger partial charge on any atom is 0.416 e. The molecule has 0 radical (unpaired) electrons. The summed E-state index contributed by atoms with van der Waals surface area (Å²) in [6.45, 7) is 5.05. The lowest BCUT2D eigenvalue weighted by atomic mass is 9.90. The standard InChI is InChI=1S/C32H38F3N5O2S/c33-32(34,35)24-8-6-22(7-9-24)27-19-36-38-28(27)12-13-39-14-16-40(17-15-39)20-25(41)21-42-26-10-11-30-29(18-26)37-31(43-30)23-4-2-1-3-5-23/h6-11,18-19,23,25,41H,1-5,12-17,20-21H2,(H,36,38)/t25-/m0/s1. The van der Waals surface area contributed by atoms with Gasteiger partial charge in [0, 0.05) is 68.9 Å². The first-order valence-corrected chi connectivity index (χ1v) is 16.0. The van der Waals surface area contributed by atoms with Gasteiger partial charge >= 0.3 is 6.18 Å². The molecule has 2 N–H and O–H groups in total. The van der Waals surface area contributed by atoms with Gasteiger partial charge in [-0.3, -0.25) is 10.00 Å². The van der Waals surface area contributed by atoms with Gasteiger partial charge in [-0.25, -0.2) is 4.98 Å². The van der Waals surface area contributed by atoms with Gasteiger partial charge < -0.3 is 14.7 Å². The molecule has 2 aromatic heterocycles. The van der Waals surface area contributed by atoms with Crippen molar-refractivity contribution in [3.05, 3.63) is 64.9 Å². The number of rotatable bonds is 10. The van der Waals surface area contributed by atoms with Crippen LogP contribution in [0, 0.1) is 0 Å². The zero-order valence-electron chi connectivity index (χ0n) is 24.2. The van der Waals surface area contributed by atoms with E-state index in [0.29, 0.717) is 18.0 Å². The van der Waals surface area contributed by atoms with E-state index in [1.165, 1.54) is 53.9 Å². The first kappa shape index (κ1) is 30.1. The van der Waals surface area contributed by atoms with Crippen molar-refractivity contribution in [1.82, 2.24) is 25.0 Å². The number of β-amino-alcohol motifs (C(OH)–C–C–N with tert-alkyl or cyclic N) is 1. The third kappa shape index (κ3) is 7.57. The van der Waals surface area contributed by atoms with Crippen LogP contribution in [0.1, 0.15) is 54.3 Å². The van der Waals surface area contributed by atoms with Crippen LogP contribution in [0.2, 0.25) is 0 Å². The summed E-state index contributed by atoms with van der Waals surface area (Å²) in [6.07, 6.45) is 3.85. The zero-order valence-corrected chi connectivity index (χ0v) is 25.0. The third-order valence-electron chi connectivity index (χ3n) is 8.63. The summed E-state index contributed by atoms with van der Waals surface area (Å²) in [5.41, 5.74) is 2.78. The number of hydrogen-bond acceptors (Lipinski definition) is 7. The Bertz CT molecular complexity index is 1470. The smallest absolute Gasteiger partial charge is 0.416 e. The molecular formula is C32H38F3N5O2S. The summed E-state index contributed by atoms with van der Waals surface area (Å²) < 4.78 is 45.9. The number of alkyl halides is 3. The van der Waals surface area contributed by atoms with Gasteiger partial charge in [0.1, 0.15) is 18.5 Å². The van der Waals surface area contributed by atoms with Gasteiger partial charge in [0.05, 0.1) is 27.0 Å². The Morgan fingerprint density at radius 3 is 2.49 bits per heavy atom. The Kier molecular flexibility index (Phi) is 9.32. The van der Waals surface area contributed by atoms with Gasteiger partial charge in [0.25, 0.3) is 0 Å². The van der Waals surface area contributed by atoms with Crippen LogP contribution < -0.4 is 4.74 Å². The first-order chi connectivity index (χ1) is 20.8. The minimum Gasteiger partial charge on any atom is -0.491 e. The fourth-order valence-electron chi connectivity index (χ4n) is 6.14. The summed E-state index contributed by atoms with van der Waals surface area (Å²) in [5, 5.41) is 19.1. The Balaban J connectivity index is 0.931. The average Bonchev–Trinajstić information content (AvgIpc) is 3.67. The number of benzene rings is 2. The molecule has 1 saturated carbocycles. The van der Waals surface area contributed by atoms with E-state index in [0.717, 1.165) is 73.8 Å². The molecule has 2 aromatic carbocycles. The summed E-state index contributed by atoms with van der Waals surface area (Å²) >= 11 is 1.80. The van der Waals surface area contributed by atoms with Gasteiger partial charge in [0.2, 0.25) is 0 Å². The van der Waals surface area contributed by atoms with Crippen molar-refractivity contribution in [3.8, 4) is 16.9 Å². The number of hydrogen-bond donors (Lipinski definition) is 2. The molecule has 2 aliphatic rings. The molecule has 43 heavy (non-hydrogen) atoms. The molecule has 4 aromatic rings. The van der Waals surface area contributed by atoms with Crippen LogP contribution in [0.25, 0.3) is 21.3 Å². The topological polar surface area (TPSA) is 77.5 Å². The van der Waals surface area contributed by atoms with Crippen LogP contribution in [-0.2, 0) is 12.6 Å². The Morgan fingerprint density at radius 2 is 1.74 bits per heavy atom. The van der Waals surface area contributed by atoms with Crippen LogP contribution in [0.4, 0.5) is 13.2 Å². The molecule has 1 aliphatic heterocycles. The van der Waals surface area contributed by atoms with Gasteiger partial charge in [-0.1, -0.05) is 31.4 Å². The number of aromatic nitrogens is 3. The molecule has 0 amide bonds. The highest BCUT2D eigenvalue weighted by molar-refractivity contribution is 7.18. The van der Waals surface area contributed by atoms with Crippen LogP contribution >= 0.6 is 11.3 Å². The van der Waals surface area contributed by atoms with Gasteiger partial charge in [-0.15, -0.1) is 11.3 Å². The SMILES string of the molecule is O[C@H](COc1ccc2sc(C3CCCCC3)nc2c1)CN1CCN(CCc2[nH]ncc2-c2ccc(C(F)(F)F)cc2)CC1. The average molecular weight is 614 g/mol. The second-order valence-corrected chi connectivity index (χ2v) is 12.8. The predicted octanol–water partition coefficient (Wildman–Crippen LogP) is 6.35. The molecule has 1 aliphatic carbocycles. The fraction of sp³-hybridized carbons (Fsp3) is 0.500. The van der Waals surface area contributed by atoms with Crippen molar-refractivity contribution in [2.24, 2.45) is 0 Å². The minimum absolute atomic E-state index is 0.234. The number of thiazole rings is 1. The lowest BCUT2D eigenvalue weighted by Crippen LogP contribution is -2.49. The Morgan fingerprint density at radius 1 is 1.00 bits per heavy atom. The van der Waals surface area contributed by atoms with E-state index in [1.807, 2.05) is 12.1 Å². The van der Waals surface area contributed by atoms with E-state index < -0.39 is 17.8 Å². The molecule has 1 atom stereocenters. The van der Waals surface area contributed by atoms with Crippen molar-refractivity contribution in [2.45, 2.75) is 56.7 Å². The van der Waals surface area contributed by atoms with Crippen LogP contribution in [-0.4, -0.2) is 82.1 Å². The van der Waals surface area contributed by atoms with Crippen LogP contribution in [0.3, 0.4) is 0 Å². The van der Waals surface area contributed by atoms with Crippen molar-refractivity contribution < 1.29 is 23.0 Å². The number of piperazine rings is 1. The molecule has 3 heterocycles. The van der Waals surface area contributed by atoms with Crippen LogP contribution in [0.15, 0.2) is 48.7 Å². The van der Waals surface area contributed by atoms with Crippen molar-refractivity contribution in [1.29, 1.82) is 0 Å². The zero-order chi connectivity index (χ0) is 29.8. The van der Waals surface area contributed by atoms with E-state index >= 15 is 0 Å². The number of aliphatic hydroxyl groups is 1. The van der Waals surface area contributed by atoms with Gasteiger partial charge in [0.15, 0.2) is 0 Å². The quantitative estimate of drug-likeness (QED) is 0.217. The molecule has 2 fully saturated rings. The highest BCUT2D eigenvalue weighted by Gasteiger charge is 2.30. The Hall–Kier alpha value is -2.99. The predicted molar refractivity (Wildman–Crippen MR) is 163 cm³/mol. The number of H-pyrrole nitrogens is 1. The number of fused-ring (bicyclic) bond motifs is 1. The van der Waals surface area contributed by atoms with Crippen LogP contribution in [0.5, 0.6) is 5.75 Å². The molecule has 0 bridgehead atoms. The number of halogens is 3. The number of aliphatic hydroxyl groups excluding tert-OH is 1. The third-order valence-corrected chi connectivity index (χ3v) is 9.82. The van der Waals surface area contributed by atoms with E-state index in [2.05, 4.69) is 26.1 Å². The van der Waals surface area contributed by atoms with Gasteiger partial charge in [-0.05, 0) is 42.7 Å². The second-order valence-electron chi connectivity index (χ2n) is 11.7. The summed E-state index contributed by atoms with van der Waals surface area (Å²) in [4.78, 5) is 9.53. The monoisotopic (exact) mass is 613 g/mol. The summed E-state index contributed by atoms with van der Waals surface area (Å²) in [6, 6.07) is 11.3. The number of nitrogens with one attached hydrogen (secondary N) is 1. The molecular weight excluding hydrogens is 575 g/mol. The van der Waals surface area contributed by atoms with Crippen molar-refractivity contribution in [2.75, 3.05) is 45.9 Å². The molecule has 0 unspecified atom stereocenters. The largest absolute Gasteiger partial charge is 0.491 e. The lowest BCUT2D eigenvalue weighted by Gasteiger charge is -2.35. The van der Waals surface area contributed by atoms with E-state index in [4.69, 9.17) is 9.72 Å². The highest BCUT2D eigenvalue weighted by Crippen LogP contribution is 2.37. The first-order valence-electron chi connectivity index (χ1n) is 15.2. The highest BCUT2D eigenvalue weighted by atomic mass is 32.1. The number of aromatic amines is 1. The Labute approximate surface area is 253 Å². The fourth-order valence-corrected chi connectivity index (χ4v) is 7.26. The summed E-state index contributed by atoms with van der Waals surface area (Å²) in [5.74, 6) is 1.33. The molecule has 7 nitrogen and oxygen atoms in total. The van der Waals surface area contributed by atoms with E-state index in [1.54, 1.807) is 17.5 Å². The molecule has 6 rings (SSSR count). The number of ether oxygens (including phenoxy) is 1. The minimum atomic E-state index is -4.35. The number of nitrogens with zero attached hydrogens (tertiary/aromatic N) is 4. The normalized spacial score (nSPS) is 18.3. The maximum atomic E-state index is 12.9. The lowest BCUT2D eigenvalue weighted by molar-refractivity contribution is -0.137. The van der Waals surface area contributed by atoms with E-state index in [-0.39, 0.29) is 6.61 Å². The summed E-state index contributed by atoms with van der Waals surface area (Å²) in [7, 11) is 0. The maximum absolute atomic E-state index is 12.9. The molecule has 11 heteroatoms. The second kappa shape index (κ2) is 13.3. The molecule has 230 valence electrons.